The van der Waals surface area contributed by atoms with Crippen LogP contribution in [0.3, 0.4) is 0 Å². The molecule has 1 aromatic heterocycles. The van der Waals surface area contributed by atoms with Crippen LogP contribution in [-0.4, -0.2) is 17.8 Å². The van der Waals surface area contributed by atoms with Crippen molar-refractivity contribution < 1.29 is 4.79 Å². The largest absolute Gasteiger partial charge is 0.355 e. The first-order chi connectivity index (χ1) is 18.0. The molecule has 1 unspecified atom stereocenters. The second kappa shape index (κ2) is 8.34. The third-order valence-corrected chi connectivity index (χ3v) is 8.98. The maximum Gasteiger partial charge on any atom is 0.187 e. The predicted octanol–water partition coefficient (Wildman–Crippen LogP) is 8.53. The number of nitrogens with zero attached hydrogens (tertiary/aromatic N) is 1. The molecule has 1 aliphatic carbocycles. The molecule has 5 aromatic rings. The molecule has 1 N–H and O–H groups in total. The molecule has 1 saturated carbocycles. The summed E-state index contributed by atoms with van der Waals surface area (Å²) in [6.07, 6.45) is 8.23. The topological polar surface area (TPSA) is 36.1 Å². The SMILES string of the molecule is CN1/C(=C\C(=O)c2ccc3[nH]c4ccccc4c3c2)C(C)(CC2CCCC2)c2c1ccc1ccccc21. The first kappa shape index (κ1) is 22.4. The van der Waals surface area contributed by atoms with E-state index in [-0.39, 0.29) is 11.2 Å². The van der Waals surface area contributed by atoms with Crippen molar-refractivity contribution in [1.29, 1.82) is 0 Å². The zero-order chi connectivity index (χ0) is 25.1. The number of carbonyl (C=O) groups excluding carboxylic acids is 1. The van der Waals surface area contributed by atoms with Crippen molar-refractivity contribution in [1.82, 2.24) is 4.98 Å². The molecule has 1 aliphatic heterocycles. The maximum absolute atomic E-state index is 13.9. The summed E-state index contributed by atoms with van der Waals surface area (Å²) in [4.78, 5) is 19.6. The van der Waals surface area contributed by atoms with Crippen molar-refractivity contribution in [2.24, 2.45) is 5.92 Å². The molecule has 2 heterocycles. The summed E-state index contributed by atoms with van der Waals surface area (Å²) in [5.41, 5.74) is 6.42. The first-order valence-corrected chi connectivity index (χ1v) is 13.6. The Kier molecular flexibility index (Phi) is 5.04. The van der Waals surface area contributed by atoms with Crippen LogP contribution in [0.1, 0.15) is 54.9 Å². The molecule has 4 aromatic carbocycles. The van der Waals surface area contributed by atoms with Crippen molar-refractivity contribution in [3.63, 3.8) is 0 Å². The van der Waals surface area contributed by atoms with Crippen LogP contribution >= 0.6 is 0 Å². The minimum absolute atomic E-state index is 0.0730. The van der Waals surface area contributed by atoms with E-state index in [4.69, 9.17) is 0 Å². The summed E-state index contributed by atoms with van der Waals surface area (Å²) in [6.45, 7) is 2.38. The van der Waals surface area contributed by atoms with Gasteiger partial charge in [0.1, 0.15) is 0 Å². The fourth-order valence-electron chi connectivity index (χ4n) is 7.21. The van der Waals surface area contributed by atoms with Gasteiger partial charge in [-0.2, -0.15) is 0 Å². The summed E-state index contributed by atoms with van der Waals surface area (Å²) < 4.78 is 0. The number of benzene rings is 4. The Bertz CT molecular complexity index is 1720. The molecule has 184 valence electrons. The maximum atomic E-state index is 13.9. The lowest BCUT2D eigenvalue weighted by Crippen LogP contribution is -2.29. The number of anilines is 1. The highest BCUT2D eigenvalue weighted by Crippen LogP contribution is 2.54. The van der Waals surface area contributed by atoms with Crippen LogP contribution in [-0.2, 0) is 5.41 Å². The molecule has 0 saturated heterocycles. The number of H-pyrrole nitrogens is 1. The normalized spacial score (nSPS) is 21.0. The molecule has 3 heteroatoms. The van der Waals surface area contributed by atoms with E-state index >= 15 is 0 Å². The third-order valence-electron chi connectivity index (χ3n) is 8.98. The quantitative estimate of drug-likeness (QED) is 0.205. The molecule has 37 heavy (non-hydrogen) atoms. The molecule has 2 aliphatic rings. The van der Waals surface area contributed by atoms with E-state index in [0.717, 1.165) is 39.5 Å². The van der Waals surface area contributed by atoms with Gasteiger partial charge >= 0.3 is 0 Å². The van der Waals surface area contributed by atoms with Gasteiger partial charge in [-0.15, -0.1) is 0 Å². The molecule has 0 amide bonds. The van der Waals surface area contributed by atoms with Crippen LogP contribution in [0.4, 0.5) is 5.69 Å². The first-order valence-electron chi connectivity index (χ1n) is 13.6. The lowest BCUT2D eigenvalue weighted by molar-refractivity contribution is 0.104. The number of aromatic amines is 1. The van der Waals surface area contributed by atoms with Crippen LogP contribution in [0.2, 0.25) is 0 Å². The number of nitrogens with one attached hydrogen (secondary N) is 1. The summed E-state index contributed by atoms with van der Waals surface area (Å²) in [7, 11) is 2.13. The molecule has 0 spiro atoms. The van der Waals surface area contributed by atoms with E-state index < -0.39 is 0 Å². The Labute approximate surface area is 217 Å². The fraction of sp³-hybridized carbons (Fsp3) is 0.265. The Morgan fingerprint density at radius 2 is 1.65 bits per heavy atom. The number of aromatic nitrogens is 1. The standard InChI is InChI=1S/C34H32N2O/c1-34(21-22-9-3-4-10-22)32(36(2)30-18-16-23-11-5-6-12-25(23)33(30)34)20-31(37)24-15-17-29-27(19-24)26-13-7-8-14-28(26)35-29/h5-8,11-20,22,35H,3-4,9-10,21H2,1-2H3/b32-20-. The summed E-state index contributed by atoms with van der Waals surface area (Å²) in [5, 5.41) is 4.83. The minimum Gasteiger partial charge on any atom is -0.355 e. The number of likely N-dealkylation sites (N-methyl/N-ethyl adjacent to an activating group) is 1. The van der Waals surface area contributed by atoms with Gasteiger partial charge in [-0.05, 0) is 65.9 Å². The molecule has 0 radical (unpaired) electrons. The van der Waals surface area contributed by atoms with Crippen LogP contribution in [0.25, 0.3) is 32.6 Å². The average Bonchev–Trinajstić information content (AvgIpc) is 3.61. The number of allylic oxidation sites excluding steroid dienone is 2. The second-order valence-electron chi connectivity index (χ2n) is 11.3. The van der Waals surface area contributed by atoms with Gasteiger partial charge in [0.05, 0.1) is 0 Å². The van der Waals surface area contributed by atoms with Crippen molar-refractivity contribution in [2.75, 3.05) is 11.9 Å². The molecular formula is C34H32N2O. The van der Waals surface area contributed by atoms with E-state index in [1.54, 1.807) is 0 Å². The van der Waals surface area contributed by atoms with Gasteiger partial charge in [-0.3, -0.25) is 4.79 Å². The van der Waals surface area contributed by atoms with Gasteiger partial charge in [0.15, 0.2) is 5.78 Å². The number of carbonyl (C=O) groups is 1. The molecule has 0 bridgehead atoms. The highest BCUT2D eigenvalue weighted by Gasteiger charge is 2.45. The summed E-state index contributed by atoms with van der Waals surface area (Å²) in [6, 6.07) is 27.5. The molecule has 7 rings (SSSR count). The average molecular weight is 485 g/mol. The fourth-order valence-corrected chi connectivity index (χ4v) is 7.21. The number of fused-ring (bicyclic) bond motifs is 6. The lowest BCUT2D eigenvalue weighted by atomic mass is 9.72. The van der Waals surface area contributed by atoms with Crippen LogP contribution in [0, 0.1) is 5.92 Å². The third kappa shape index (κ3) is 3.44. The van der Waals surface area contributed by atoms with Crippen molar-refractivity contribution in [2.45, 2.75) is 44.4 Å². The second-order valence-corrected chi connectivity index (χ2v) is 11.3. The zero-order valence-corrected chi connectivity index (χ0v) is 21.6. The van der Waals surface area contributed by atoms with Crippen LogP contribution < -0.4 is 4.90 Å². The smallest absolute Gasteiger partial charge is 0.187 e. The van der Waals surface area contributed by atoms with E-state index in [0.29, 0.717) is 5.92 Å². The molecule has 1 atom stereocenters. The predicted molar refractivity (Wildman–Crippen MR) is 154 cm³/mol. The van der Waals surface area contributed by atoms with Crippen molar-refractivity contribution in [3.05, 3.63) is 102 Å². The number of para-hydroxylation sites is 1. The Morgan fingerprint density at radius 1 is 0.919 bits per heavy atom. The van der Waals surface area contributed by atoms with E-state index in [1.165, 1.54) is 47.7 Å². The number of hydrogen-bond donors (Lipinski definition) is 1. The lowest BCUT2D eigenvalue weighted by Gasteiger charge is -2.32. The summed E-state index contributed by atoms with van der Waals surface area (Å²) in [5.74, 6) is 0.771. The number of ketones is 1. The van der Waals surface area contributed by atoms with E-state index in [2.05, 4.69) is 84.5 Å². The van der Waals surface area contributed by atoms with E-state index in [9.17, 15) is 4.79 Å². The van der Waals surface area contributed by atoms with Gasteiger partial charge in [0.2, 0.25) is 0 Å². The van der Waals surface area contributed by atoms with Gasteiger partial charge in [0.25, 0.3) is 0 Å². The monoisotopic (exact) mass is 484 g/mol. The highest BCUT2D eigenvalue weighted by atomic mass is 16.1. The molecule has 1 fully saturated rings. The van der Waals surface area contributed by atoms with Gasteiger partial charge < -0.3 is 9.88 Å². The van der Waals surface area contributed by atoms with Crippen LogP contribution in [0.15, 0.2) is 90.6 Å². The Morgan fingerprint density at radius 3 is 2.49 bits per heavy atom. The highest BCUT2D eigenvalue weighted by molar-refractivity contribution is 6.13. The Balaban J connectivity index is 1.37. The zero-order valence-electron chi connectivity index (χ0n) is 21.6. The van der Waals surface area contributed by atoms with Gasteiger partial charge in [-0.25, -0.2) is 0 Å². The van der Waals surface area contributed by atoms with E-state index in [1.807, 2.05) is 24.3 Å². The van der Waals surface area contributed by atoms with Gasteiger partial charge in [0, 0.05) is 57.3 Å². The van der Waals surface area contributed by atoms with Gasteiger partial charge in [-0.1, -0.05) is 74.2 Å². The van der Waals surface area contributed by atoms with Crippen molar-refractivity contribution in [3.8, 4) is 0 Å². The minimum atomic E-state index is -0.208. The van der Waals surface area contributed by atoms with Crippen LogP contribution in [0.5, 0.6) is 0 Å². The number of hydrogen-bond acceptors (Lipinski definition) is 2. The molecule has 3 nitrogen and oxygen atoms in total. The summed E-state index contributed by atoms with van der Waals surface area (Å²) >= 11 is 0. The van der Waals surface area contributed by atoms with Crippen molar-refractivity contribution >= 4 is 44.0 Å². The molecular weight excluding hydrogens is 452 g/mol. The number of rotatable bonds is 4. The Hall–Kier alpha value is -3.85.